The molecule has 1 aromatic rings. The molecule has 0 spiro atoms. The fourth-order valence-corrected chi connectivity index (χ4v) is 0.838. The van der Waals surface area contributed by atoms with Crippen LogP contribution in [0.3, 0.4) is 0 Å². The first-order valence-electron chi connectivity index (χ1n) is 3.32. The van der Waals surface area contributed by atoms with Gasteiger partial charge in [0.25, 0.3) is 0 Å². The molecule has 2 heteroatoms. The van der Waals surface area contributed by atoms with Gasteiger partial charge in [-0.25, -0.2) is 0 Å². The second-order valence-electron chi connectivity index (χ2n) is 2.11. The predicted octanol–water partition coefficient (Wildman–Crippen LogP) is 0.850. The number of aromatic nitrogens is 1. The predicted molar refractivity (Wildman–Crippen MR) is 48.2 cm³/mol. The van der Waals surface area contributed by atoms with Crippen molar-refractivity contribution in [2.45, 2.75) is 19.8 Å². The highest BCUT2D eigenvalue weighted by molar-refractivity contribution is 5.75. The van der Waals surface area contributed by atoms with Crippen molar-refractivity contribution in [3.8, 4) is 0 Å². The third kappa shape index (κ3) is 2.67. The number of hydrogen-bond donors (Lipinski definition) is 0. The summed E-state index contributed by atoms with van der Waals surface area (Å²) in [7, 11) is 0. The van der Waals surface area contributed by atoms with Crippen molar-refractivity contribution in [2.75, 3.05) is 0 Å². The first-order valence-corrected chi connectivity index (χ1v) is 3.32. The van der Waals surface area contributed by atoms with Gasteiger partial charge in [-0.05, 0) is 24.1 Å². The van der Waals surface area contributed by atoms with Crippen molar-refractivity contribution in [3.05, 3.63) is 30.1 Å². The van der Waals surface area contributed by atoms with Crippen molar-refractivity contribution in [3.63, 3.8) is 0 Å². The average molecular weight is 135 g/mol. The Morgan fingerprint density at radius 1 is 1.30 bits per heavy atom. The third-order valence-corrected chi connectivity index (χ3v) is 1.29. The van der Waals surface area contributed by atoms with E-state index in [-0.39, 0.29) is 8.41 Å². The topological polar surface area (TPSA) is 12.9 Å². The van der Waals surface area contributed by atoms with E-state index in [9.17, 15) is 0 Å². The zero-order chi connectivity index (χ0) is 6.53. The summed E-state index contributed by atoms with van der Waals surface area (Å²) < 4.78 is 0. The largest absolute Gasteiger partial charge is 0.265 e. The van der Waals surface area contributed by atoms with Crippen molar-refractivity contribution in [1.82, 2.24) is 4.98 Å². The molecule has 54 valence electrons. The van der Waals surface area contributed by atoms with Crippen LogP contribution in [0, 0.1) is 0 Å². The molecular weight excluding hydrogens is 121 g/mol. The lowest BCUT2D eigenvalue weighted by Gasteiger charge is -1.93. The van der Waals surface area contributed by atoms with Crippen LogP contribution in [-0.2, 0) is 6.42 Å². The summed E-state index contributed by atoms with van der Waals surface area (Å²) in [5.74, 6) is 0. The molecule has 1 rings (SSSR count). The maximum atomic E-state index is 3.93. The Hall–Kier alpha value is -0.785. The van der Waals surface area contributed by atoms with E-state index in [0.717, 1.165) is 0 Å². The molecule has 0 unspecified atom stereocenters. The van der Waals surface area contributed by atoms with E-state index < -0.39 is 0 Å². The highest BCUT2D eigenvalue weighted by Crippen LogP contribution is 1.98. The molecule has 1 aromatic heterocycles. The molecule has 0 aliphatic heterocycles. The molecule has 0 aliphatic rings. The number of nitrogens with zero attached hydrogens (tertiary/aromatic N) is 1. The van der Waals surface area contributed by atoms with Crippen LogP contribution in [0.5, 0.6) is 0 Å². The van der Waals surface area contributed by atoms with Gasteiger partial charge in [0.05, 0.1) is 8.41 Å². The summed E-state index contributed by atoms with van der Waals surface area (Å²) in [5, 5.41) is 0. The van der Waals surface area contributed by atoms with Gasteiger partial charge in [0, 0.05) is 12.4 Å². The average Bonchev–Trinajstić information content (AvgIpc) is 1.91. The van der Waals surface area contributed by atoms with E-state index in [0.29, 0.717) is 0 Å². The summed E-state index contributed by atoms with van der Waals surface area (Å²) in [5.41, 5.74) is 1.38. The van der Waals surface area contributed by atoms with Crippen LogP contribution in [0.15, 0.2) is 24.5 Å². The van der Waals surface area contributed by atoms with Crippen LogP contribution in [0.2, 0.25) is 0 Å². The Balaban J connectivity index is 0.000000810. The van der Waals surface area contributed by atoms with Gasteiger partial charge in [0.2, 0.25) is 0 Å². The molecule has 1 heterocycles. The second kappa shape index (κ2) is 5.04. The van der Waals surface area contributed by atoms with Crippen LogP contribution < -0.4 is 0 Å². The molecule has 0 amide bonds. The van der Waals surface area contributed by atoms with Crippen LogP contribution in [0.25, 0.3) is 0 Å². The van der Waals surface area contributed by atoms with E-state index in [1.165, 1.54) is 18.4 Å². The highest BCUT2D eigenvalue weighted by atomic mass is 14.6. The lowest BCUT2D eigenvalue weighted by Crippen LogP contribution is -1.80. The Bertz CT molecular complexity index is 162. The van der Waals surface area contributed by atoms with Crippen LogP contribution in [-0.4, -0.2) is 13.4 Å². The second-order valence-corrected chi connectivity index (χ2v) is 2.11. The number of aryl methyl sites for hydroxylation is 1. The Kier molecular flexibility index (Phi) is 4.64. The normalized spacial score (nSPS) is 8.50. The molecule has 0 saturated heterocycles. The Labute approximate surface area is 64.1 Å². The van der Waals surface area contributed by atoms with E-state index in [2.05, 4.69) is 24.0 Å². The van der Waals surface area contributed by atoms with Gasteiger partial charge >= 0.3 is 0 Å². The Morgan fingerprint density at radius 2 is 1.90 bits per heavy atom. The molecule has 0 bridgehead atoms. The minimum absolute atomic E-state index is 0. The molecule has 0 aromatic carbocycles. The lowest BCUT2D eigenvalue weighted by molar-refractivity contribution is 0.918. The molecule has 0 N–H and O–H groups in total. The molecule has 0 atom stereocenters. The van der Waals surface area contributed by atoms with E-state index in [1.807, 2.05) is 12.4 Å². The van der Waals surface area contributed by atoms with E-state index >= 15 is 0 Å². The maximum absolute atomic E-state index is 3.93. The van der Waals surface area contributed by atoms with Crippen LogP contribution in [0.1, 0.15) is 18.9 Å². The summed E-state index contributed by atoms with van der Waals surface area (Å²) in [6, 6.07) is 4.12. The molecule has 0 radical (unpaired) electrons. The highest BCUT2D eigenvalue weighted by Gasteiger charge is 1.85. The summed E-state index contributed by atoms with van der Waals surface area (Å²) in [6.07, 6.45) is 6.06. The van der Waals surface area contributed by atoms with Crippen molar-refractivity contribution < 1.29 is 0 Å². The fraction of sp³-hybridized carbons (Fsp3) is 0.375. The molecule has 0 saturated carbocycles. The number of hydrogen-bond acceptors (Lipinski definition) is 1. The number of pyridine rings is 1. The van der Waals surface area contributed by atoms with Crippen molar-refractivity contribution in [2.24, 2.45) is 0 Å². The standard InChI is InChI=1S/C8H11N.BH3/c1-2-3-8-4-6-9-7-5-8;/h4-7H,2-3H2,1H3;1H3. The first kappa shape index (κ1) is 9.21. The van der Waals surface area contributed by atoms with Gasteiger partial charge in [-0.3, -0.25) is 4.98 Å². The van der Waals surface area contributed by atoms with Gasteiger partial charge in [-0.1, -0.05) is 13.3 Å². The summed E-state index contributed by atoms with van der Waals surface area (Å²) in [6.45, 7) is 2.18. The zero-order valence-electron chi connectivity index (χ0n) is 5.67. The lowest BCUT2D eigenvalue weighted by atomic mass is 10.2. The monoisotopic (exact) mass is 135 g/mol. The van der Waals surface area contributed by atoms with Gasteiger partial charge in [-0.2, -0.15) is 0 Å². The van der Waals surface area contributed by atoms with Crippen molar-refractivity contribution in [1.29, 1.82) is 0 Å². The van der Waals surface area contributed by atoms with Crippen LogP contribution >= 0.6 is 0 Å². The molecule has 1 nitrogen and oxygen atoms in total. The molecule has 0 fully saturated rings. The zero-order valence-corrected chi connectivity index (χ0v) is 5.67. The molecule has 0 aliphatic carbocycles. The van der Waals surface area contributed by atoms with Gasteiger partial charge in [0.15, 0.2) is 0 Å². The quantitative estimate of drug-likeness (QED) is 0.548. The maximum Gasteiger partial charge on any atom is 0.0814 e. The summed E-state index contributed by atoms with van der Waals surface area (Å²) >= 11 is 0. The molecule has 10 heavy (non-hydrogen) atoms. The molecular formula is C8H14BN. The SMILES string of the molecule is B.CCCc1ccncc1. The fourth-order valence-electron chi connectivity index (χ4n) is 0.838. The van der Waals surface area contributed by atoms with Crippen molar-refractivity contribution >= 4 is 8.41 Å². The smallest absolute Gasteiger partial charge is 0.0814 e. The first-order chi connectivity index (χ1) is 4.43. The minimum atomic E-state index is 0. The van der Waals surface area contributed by atoms with E-state index in [1.54, 1.807) is 0 Å². The van der Waals surface area contributed by atoms with E-state index in [4.69, 9.17) is 0 Å². The minimum Gasteiger partial charge on any atom is -0.265 e. The third-order valence-electron chi connectivity index (χ3n) is 1.29. The number of rotatable bonds is 2. The van der Waals surface area contributed by atoms with Gasteiger partial charge in [0.1, 0.15) is 0 Å². The van der Waals surface area contributed by atoms with Gasteiger partial charge < -0.3 is 0 Å². The summed E-state index contributed by atoms with van der Waals surface area (Å²) in [4.78, 5) is 3.93. The van der Waals surface area contributed by atoms with Crippen LogP contribution in [0.4, 0.5) is 0 Å². The van der Waals surface area contributed by atoms with Gasteiger partial charge in [-0.15, -0.1) is 0 Å². The Morgan fingerprint density at radius 3 is 2.40 bits per heavy atom.